The van der Waals surface area contributed by atoms with Crippen molar-refractivity contribution in [3.05, 3.63) is 177 Å². The van der Waals surface area contributed by atoms with E-state index in [9.17, 15) is 15.3 Å². The van der Waals surface area contributed by atoms with E-state index >= 15 is 0 Å². The number of ether oxygens (including phenoxy) is 2. The second-order valence-corrected chi connectivity index (χ2v) is 18.7. The van der Waals surface area contributed by atoms with Gasteiger partial charge in [0.15, 0.2) is 17.2 Å². The van der Waals surface area contributed by atoms with Crippen LogP contribution >= 0.6 is 96.9 Å². The molecule has 0 aliphatic carbocycles. The summed E-state index contributed by atoms with van der Waals surface area (Å²) in [5.74, 6) is 2.17. The van der Waals surface area contributed by atoms with Crippen LogP contribution in [-0.4, -0.2) is 47.1 Å². The summed E-state index contributed by atoms with van der Waals surface area (Å²) < 4.78 is 12.1. The molecule has 336 valence electrons. The number of benzene rings is 6. The largest absolute Gasteiger partial charge is 0.504 e. The first kappa shape index (κ1) is 49.4. The number of anilines is 3. The van der Waals surface area contributed by atoms with E-state index < -0.39 is 0 Å². The Labute approximate surface area is 418 Å². The smallest absolute Gasteiger partial charge is 0.157 e. The summed E-state index contributed by atoms with van der Waals surface area (Å²) in [6.07, 6.45) is 0. The van der Waals surface area contributed by atoms with Gasteiger partial charge < -0.3 is 40.7 Å². The van der Waals surface area contributed by atoms with Gasteiger partial charge in [0, 0.05) is 38.6 Å². The summed E-state index contributed by atoms with van der Waals surface area (Å²) in [5, 5.41) is 41.1. The third kappa shape index (κ3) is 14.5. The van der Waals surface area contributed by atoms with E-state index in [1.807, 2.05) is 91.0 Å². The second-order valence-electron chi connectivity index (χ2n) is 13.7. The Morgan fingerprint density at radius 3 is 1.65 bits per heavy atom. The molecule has 0 atom stereocenters. The van der Waals surface area contributed by atoms with Gasteiger partial charge in [-0.3, -0.25) is 9.98 Å². The van der Waals surface area contributed by atoms with Crippen LogP contribution in [0.2, 0.25) is 30.1 Å². The SMILES string of the molecule is COc1ccc(Oc2cccc(CNc3cc(Cl)cc(Cl)c3O)c2)cc1.Oc1c(Cl)cc(Cl)cc1NCC1=NCN=C1c1ccccc1.Oc1c(Cl)cc(Cl)cc1NCc1ccc(Br)s1. The van der Waals surface area contributed by atoms with Crippen molar-refractivity contribution in [1.82, 2.24) is 0 Å². The molecule has 2 heterocycles. The van der Waals surface area contributed by atoms with Crippen LogP contribution < -0.4 is 25.4 Å². The van der Waals surface area contributed by atoms with Crippen LogP contribution in [0.25, 0.3) is 0 Å². The monoisotopic (exact) mass is 1070 g/mol. The second kappa shape index (κ2) is 24.0. The molecule has 10 nitrogen and oxygen atoms in total. The number of nitrogens with zero attached hydrogens (tertiary/aromatic N) is 2. The lowest BCUT2D eigenvalue weighted by Gasteiger charge is -2.12. The highest BCUT2D eigenvalue weighted by Crippen LogP contribution is 2.38. The Kier molecular flexibility index (Phi) is 18.2. The molecule has 0 spiro atoms. The molecular formula is C47H38BrCl6N5O5S. The van der Waals surface area contributed by atoms with E-state index in [4.69, 9.17) is 79.1 Å². The van der Waals surface area contributed by atoms with Crippen LogP contribution in [0.15, 0.2) is 141 Å². The summed E-state index contributed by atoms with van der Waals surface area (Å²) >= 11 is 40.5. The van der Waals surface area contributed by atoms with Crippen LogP contribution in [0.3, 0.4) is 0 Å². The Bertz CT molecular complexity index is 2800. The van der Waals surface area contributed by atoms with E-state index in [1.165, 1.54) is 18.2 Å². The van der Waals surface area contributed by atoms with Crippen LogP contribution in [0.5, 0.6) is 34.5 Å². The Morgan fingerprint density at radius 1 is 0.569 bits per heavy atom. The van der Waals surface area contributed by atoms with Gasteiger partial charge in [-0.2, -0.15) is 0 Å². The molecule has 1 aliphatic heterocycles. The zero-order valence-corrected chi connectivity index (χ0v) is 41.0. The summed E-state index contributed by atoms with van der Waals surface area (Å²) in [7, 11) is 1.62. The highest BCUT2D eigenvalue weighted by atomic mass is 79.9. The Morgan fingerprint density at radius 2 is 1.11 bits per heavy atom. The highest BCUT2D eigenvalue weighted by molar-refractivity contribution is 9.11. The molecule has 1 aliphatic rings. The summed E-state index contributed by atoms with van der Waals surface area (Å²) in [4.78, 5) is 9.95. The van der Waals surface area contributed by atoms with E-state index in [0.717, 1.165) is 42.7 Å². The van der Waals surface area contributed by atoms with Gasteiger partial charge >= 0.3 is 0 Å². The number of methoxy groups -OCH3 is 1. The normalized spacial score (nSPS) is 11.6. The fourth-order valence-corrected chi connectivity index (χ4v) is 8.86. The predicted molar refractivity (Wildman–Crippen MR) is 274 cm³/mol. The quantitative estimate of drug-likeness (QED) is 0.0628. The highest BCUT2D eigenvalue weighted by Gasteiger charge is 2.17. The minimum atomic E-state index is -0.0262. The van der Waals surface area contributed by atoms with Crippen LogP contribution in [0.4, 0.5) is 17.1 Å². The summed E-state index contributed by atoms with van der Waals surface area (Å²) in [5.41, 5.74) is 5.18. The number of halogens is 7. The molecule has 65 heavy (non-hydrogen) atoms. The topological polar surface area (TPSA) is 140 Å². The molecule has 7 aromatic rings. The average molecular weight is 1080 g/mol. The zero-order chi connectivity index (χ0) is 46.5. The van der Waals surface area contributed by atoms with Crippen molar-refractivity contribution in [2.45, 2.75) is 13.1 Å². The first-order valence-corrected chi connectivity index (χ1v) is 23.2. The number of hydrogen-bond acceptors (Lipinski definition) is 11. The Hall–Kier alpha value is -5.02. The molecule has 8 rings (SSSR count). The van der Waals surface area contributed by atoms with Crippen LogP contribution in [0, 0.1) is 0 Å². The van der Waals surface area contributed by atoms with Crippen molar-refractivity contribution in [3.63, 3.8) is 0 Å². The standard InChI is InChI=1S/C20H17Cl2NO3.C16H13Cl2N3O.C11H8BrCl2NOS/c1-25-15-5-7-16(8-6-15)26-17-4-2-3-13(9-17)12-23-19-11-14(21)10-18(22)20(19)24;17-11-6-12(18)16(22)13(7-11)19-8-14-15(21-9-20-14)10-4-2-1-3-5-10;12-10-2-1-7(17-10)5-15-9-4-6(13)3-8(14)11(9)16/h2-11,23-24H,12H2,1H3;1-7,19,22H,8-9H2;1-4,15-16H,5H2. The number of phenols is 3. The summed E-state index contributed by atoms with van der Waals surface area (Å²) in [6, 6.07) is 38.3. The van der Waals surface area contributed by atoms with Crippen LogP contribution in [0.1, 0.15) is 16.0 Å². The van der Waals surface area contributed by atoms with Gasteiger partial charge in [-0.05, 0) is 106 Å². The van der Waals surface area contributed by atoms with Gasteiger partial charge in [0.1, 0.15) is 23.9 Å². The number of thiophene rings is 1. The molecule has 0 amide bonds. The number of aromatic hydroxyl groups is 3. The number of phenolic OH excluding ortho intramolecular Hbond substituents is 3. The van der Waals surface area contributed by atoms with Gasteiger partial charge in [0.25, 0.3) is 0 Å². The minimum Gasteiger partial charge on any atom is -0.504 e. The maximum absolute atomic E-state index is 10.0. The summed E-state index contributed by atoms with van der Waals surface area (Å²) in [6.45, 7) is 1.94. The molecule has 0 unspecified atom stereocenters. The minimum absolute atomic E-state index is 0.0201. The van der Waals surface area contributed by atoms with Crippen molar-refractivity contribution in [1.29, 1.82) is 0 Å². The first-order valence-electron chi connectivity index (χ1n) is 19.3. The zero-order valence-electron chi connectivity index (χ0n) is 34.1. The third-order valence-corrected chi connectivity index (χ3v) is 12.2. The van der Waals surface area contributed by atoms with Gasteiger partial charge in [0.05, 0.1) is 61.0 Å². The van der Waals surface area contributed by atoms with Crippen molar-refractivity contribution in [2.75, 3.05) is 36.3 Å². The van der Waals surface area contributed by atoms with Gasteiger partial charge in [-0.15, -0.1) is 11.3 Å². The van der Waals surface area contributed by atoms with Crippen molar-refractivity contribution < 1.29 is 24.8 Å². The van der Waals surface area contributed by atoms with Gasteiger partial charge in [-0.25, -0.2) is 0 Å². The third-order valence-electron chi connectivity index (χ3n) is 9.10. The maximum atomic E-state index is 10.0. The van der Waals surface area contributed by atoms with Crippen molar-refractivity contribution in [2.24, 2.45) is 9.98 Å². The number of aliphatic imine (C=N–C) groups is 2. The molecule has 18 heteroatoms. The Balaban J connectivity index is 0.000000165. The lowest BCUT2D eigenvalue weighted by atomic mass is 10.1. The molecule has 0 saturated carbocycles. The fraction of sp³-hybridized carbons (Fsp3) is 0.106. The molecule has 0 radical (unpaired) electrons. The van der Waals surface area contributed by atoms with E-state index in [0.29, 0.717) is 64.2 Å². The molecule has 0 saturated heterocycles. The molecule has 1 aromatic heterocycles. The maximum Gasteiger partial charge on any atom is 0.157 e. The average Bonchev–Trinajstić information content (AvgIpc) is 3.95. The van der Waals surface area contributed by atoms with Crippen LogP contribution in [-0.2, 0) is 13.1 Å². The number of nitrogens with one attached hydrogen (secondary N) is 3. The molecule has 0 fully saturated rings. The van der Waals surface area contributed by atoms with Gasteiger partial charge in [0.2, 0.25) is 0 Å². The van der Waals surface area contributed by atoms with Gasteiger partial charge in [-0.1, -0.05) is 112 Å². The molecule has 6 N–H and O–H groups in total. The lowest BCUT2D eigenvalue weighted by molar-refractivity contribution is 0.413. The lowest BCUT2D eigenvalue weighted by Crippen LogP contribution is -2.22. The van der Waals surface area contributed by atoms with E-state index in [1.54, 1.807) is 36.6 Å². The molecule has 0 bridgehead atoms. The van der Waals surface area contributed by atoms with Crippen molar-refractivity contribution in [3.8, 4) is 34.5 Å². The number of rotatable bonds is 13. The van der Waals surface area contributed by atoms with E-state index in [-0.39, 0.29) is 32.3 Å². The fourth-order valence-electron chi connectivity index (χ4n) is 5.96. The first-order chi connectivity index (χ1) is 31.3. The van der Waals surface area contributed by atoms with Crippen molar-refractivity contribution >= 4 is 125 Å². The molecular weight excluding hydrogens is 1040 g/mol. The number of hydrogen-bond donors (Lipinski definition) is 6. The molecule has 6 aromatic carbocycles. The van der Waals surface area contributed by atoms with E-state index in [2.05, 4.69) is 41.9 Å². The predicted octanol–water partition coefficient (Wildman–Crippen LogP) is 15.3.